The summed E-state index contributed by atoms with van der Waals surface area (Å²) in [5.74, 6) is 1.12. The van der Waals surface area contributed by atoms with Crippen LogP contribution >= 0.6 is 0 Å². The van der Waals surface area contributed by atoms with Crippen molar-refractivity contribution in [3.63, 3.8) is 0 Å². The SMILES string of the molecule is CO/N=C1\c2ccccc2C[C@@H]1c1ccc(OC)cc1. The molecule has 0 fully saturated rings. The van der Waals surface area contributed by atoms with Crippen LogP contribution in [0.25, 0.3) is 0 Å². The van der Waals surface area contributed by atoms with Crippen LogP contribution in [0.5, 0.6) is 5.75 Å². The van der Waals surface area contributed by atoms with Gasteiger partial charge < -0.3 is 9.57 Å². The van der Waals surface area contributed by atoms with E-state index in [-0.39, 0.29) is 5.92 Å². The minimum Gasteiger partial charge on any atom is -0.497 e. The lowest BCUT2D eigenvalue weighted by molar-refractivity contribution is 0.212. The van der Waals surface area contributed by atoms with E-state index < -0.39 is 0 Å². The highest BCUT2D eigenvalue weighted by Gasteiger charge is 2.30. The summed E-state index contributed by atoms with van der Waals surface area (Å²) in [4.78, 5) is 5.04. The highest BCUT2D eigenvalue weighted by atomic mass is 16.6. The van der Waals surface area contributed by atoms with Gasteiger partial charge >= 0.3 is 0 Å². The predicted octanol–water partition coefficient (Wildman–Crippen LogP) is 3.39. The molecule has 0 aromatic heterocycles. The first-order valence-electron chi connectivity index (χ1n) is 6.66. The molecule has 0 heterocycles. The van der Waals surface area contributed by atoms with Crippen molar-refractivity contribution in [2.24, 2.45) is 5.16 Å². The van der Waals surface area contributed by atoms with Crippen molar-refractivity contribution in [3.8, 4) is 5.75 Å². The zero-order valence-corrected chi connectivity index (χ0v) is 11.7. The van der Waals surface area contributed by atoms with Gasteiger partial charge in [-0.05, 0) is 29.7 Å². The summed E-state index contributed by atoms with van der Waals surface area (Å²) in [6, 6.07) is 16.5. The highest BCUT2D eigenvalue weighted by molar-refractivity contribution is 6.08. The zero-order chi connectivity index (χ0) is 13.9. The summed E-state index contributed by atoms with van der Waals surface area (Å²) in [6.07, 6.45) is 0.963. The normalized spacial score (nSPS) is 18.9. The average Bonchev–Trinajstić information content (AvgIpc) is 2.87. The summed E-state index contributed by atoms with van der Waals surface area (Å²) >= 11 is 0. The molecule has 3 rings (SSSR count). The molecule has 3 heteroatoms. The van der Waals surface area contributed by atoms with Gasteiger partial charge in [-0.15, -0.1) is 0 Å². The van der Waals surface area contributed by atoms with Crippen LogP contribution in [-0.4, -0.2) is 19.9 Å². The fourth-order valence-corrected chi connectivity index (χ4v) is 2.78. The first-order valence-corrected chi connectivity index (χ1v) is 6.66. The number of fused-ring (bicyclic) bond motifs is 1. The maximum atomic E-state index is 5.21. The second-order valence-electron chi connectivity index (χ2n) is 4.85. The molecule has 0 unspecified atom stereocenters. The molecule has 0 saturated carbocycles. The van der Waals surface area contributed by atoms with Gasteiger partial charge in [0.25, 0.3) is 0 Å². The van der Waals surface area contributed by atoms with E-state index in [4.69, 9.17) is 9.57 Å². The molecule has 2 aromatic rings. The molecule has 0 amide bonds. The number of oxime groups is 1. The van der Waals surface area contributed by atoms with Crippen LogP contribution in [0.4, 0.5) is 0 Å². The first-order chi connectivity index (χ1) is 9.83. The molecule has 1 atom stereocenters. The van der Waals surface area contributed by atoms with Gasteiger partial charge in [0, 0.05) is 11.5 Å². The van der Waals surface area contributed by atoms with Gasteiger partial charge in [0.2, 0.25) is 0 Å². The van der Waals surface area contributed by atoms with Crippen molar-refractivity contribution in [2.75, 3.05) is 14.2 Å². The number of hydrogen-bond donors (Lipinski definition) is 0. The molecule has 1 aliphatic rings. The second kappa shape index (κ2) is 5.37. The fourth-order valence-electron chi connectivity index (χ4n) is 2.78. The topological polar surface area (TPSA) is 30.8 Å². The Labute approximate surface area is 118 Å². The number of hydrogen-bond acceptors (Lipinski definition) is 3. The summed E-state index contributed by atoms with van der Waals surface area (Å²) in [5, 5.41) is 4.25. The smallest absolute Gasteiger partial charge is 0.118 e. The minimum absolute atomic E-state index is 0.248. The molecule has 20 heavy (non-hydrogen) atoms. The first kappa shape index (κ1) is 12.7. The molecule has 3 nitrogen and oxygen atoms in total. The number of ether oxygens (including phenoxy) is 1. The Morgan fingerprint density at radius 1 is 1.00 bits per heavy atom. The molecule has 0 radical (unpaired) electrons. The van der Waals surface area contributed by atoms with Crippen LogP contribution in [-0.2, 0) is 11.3 Å². The maximum Gasteiger partial charge on any atom is 0.118 e. The molecular formula is C17H17NO2. The van der Waals surface area contributed by atoms with E-state index in [9.17, 15) is 0 Å². The van der Waals surface area contributed by atoms with Crippen molar-refractivity contribution < 1.29 is 9.57 Å². The molecule has 102 valence electrons. The lowest BCUT2D eigenvalue weighted by Gasteiger charge is -2.12. The van der Waals surface area contributed by atoms with Crippen LogP contribution in [0.3, 0.4) is 0 Å². The van der Waals surface area contributed by atoms with E-state index in [2.05, 4.69) is 35.5 Å². The van der Waals surface area contributed by atoms with Gasteiger partial charge in [0.1, 0.15) is 12.9 Å². The average molecular weight is 267 g/mol. The predicted molar refractivity (Wildman–Crippen MR) is 79.4 cm³/mol. The van der Waals surface area contributed by atoms with E-state index in [1.165, 1.54) is 16.7 Å². The van der Waals surface area contributed by atoms with E-state index in [1.54, 1.807) is 14.2 Å². The summed E-state index contributed by atoms with van der Waals surface area (Å²) < 4.78 is 5.21. The molecule has 1 aliphatic carbocycles. The van der Waals surface area contributed by atoms with Crippen LogP contribution in [0.1, 0.15) is 22.6 Å². The second-order valence-corrected chi connectivity index (χ2v) is 4.85. The fraction of sp³-hybridized carbons (Fsp3) is 0.235. The Morgan fingerprint density at radius 3 is 2.45 bits per heavy atom. The lowest BCUT2D eigenvalue weighted by atomic mass is 9.94. The van der Waals surface area contributed by atoms with Crippen molar-refractivity contribution >= 4 is 5.71 Å². The minimum atomic E-state index is 0.248. The third kappa shape index (κ3) is 2.16. The Bertz CT molecular complexity index is 632. The number of nitrogens with zero attached hydrogens (tertiary/aromatic N) is 1. The van der Waals surface area contributed by atoms with E-state index in [0.29, 0.717) is 0 Å². The molecular weight excluding hydrogens is 250 g/mol. The van der Waals surface area contributed by atoms with E-state index in [0.717, 1.165) is 17.9 Å². The van der Waals surface area contributed by atoms with Crippen molar-refractivity contribution in [1.82, 2.24) is 0 Å². The van der Waals surface area contributed by atoms with Gasteiger partial charge in [-0.3, -0.25) is 0 Å². The highest BCUT2D eigenvalue weighted by Crippen LogP contribution is 2.35. The van der Waals surface area contributed by atoms with Gasteiger partial charge in [0.05, 0.1) is 12.8 Å². The maximum absolute atomic E-state index is 5.21. The van der Waals surface area contributed by atoms with Crippen LogP contribution < -0.4 is 4.74 Å². The summed E-state index contributed by atoms with van der Waals surface area (Å²) in [7, 11) is 3.28. The molecule has 2 aromatic carbocycles. The van der Waals surface area contributed by atoms with Crippen LogP contribution in [0, 0.1) is 0 Å². The van der Waals surface area contributed by atoms with Gasteiger partial charge in [0.15, 0.2) is 0 Å². The van der Waals surface area contributed by atoms with Gasteiger partial charge in [-0.2, -0.15) is 0 Å². The van der Waals surface area contributed by atoms with Crippen molar-refractivity contribution in [2.45, 2.75) is 12.3 Å². The Morgan fingerprint density at radius 2 is 1.75 bits per heavy atom. The van der Waals surface area contributed by atoms with Gasteiger partial charge in [-0.1, -0.05) is 41.6 Å². The molecule has 0 bridgehead atoms. The largest absolute Gasteiger partial charge is 0.497 e. The quantitative estimate of drug-likeness (QED) is 0.798. The number of benzene rings is 2. The third-order valence-corrected chi connectivity index (χ3v) is 3.76. The number of methoxy groups -OCH3 is 1. The zero-order valence-electron chi connectivity index (χ0n) is 11.7. The van der Waals surface area contributed by atoms with E-state index in [1.807, 2.05) is 18.2 Å². The Balaban J connectivity index is 1.99. The van der Waals surface area contributed by atoms with Gasteiger partial charge in [-0.25, -0.2) is 0 Å². The summed E-state index contributed by atoms with van der Waals surface area (Å²) in [6.45, 7) is 0. The molecule has 0 aliphatic heterocycles. The Hall–Kier alpha value is -2.29. The third-order valence-electron chi connectivity index (χ3n) is 3.76. The molecule has 0 saturated heterocycles. The molecule has 0 N–H and O–H groups in total. The Kier molecular flexibility index (Phi) is 3.42. The lowest BCUT2D eigenvalue weighted by Crippen LogP contribution is -2.09. The van der Waals surface area contributed by atoms with Crippen LogP contribution in [0.2, 0.25) is 0 Å². The number of rotatable bonds is 3. The van der Waals surface area contributed by atoms with Crippen molar-refractivity contribution in [3.05, 3.63) is 65.2 Å². The monoisotopic (exact) mass is 267 g/mol. The molecule has 0 spiro atoms. The summed E-state index contributed by atoms with van der Waals surface area (Å²) in [5.41, 5.74) is 4.75. The standard InChI is InChI=1S/C17H17NO2/c1-19-14-9-7-12(8-10-14)16-11-13-5-3-4-6-15(13)17(16)18-20-2/h3-10,16H,11H2,1-2H3/b18-17+/t16-/m1/s1. The van der Waals surface area contributed by atoms with Crippen molar-refractivity contribution in [1.29, 1.82) is 0 Å². The van der Waals surface area contributed by atoms with Crippen LogP contribution in [0.15, 0.2) is 53.7 Å². The van der Waals surface area contributed by atoms with E-state index >= 15 is 0 Å².